The van der Waals surface area contributed by atoms with Gasteiger partial charge in [0.25, 0.3) is 23.6 Å². The molecule has 0 atom stereocenters. The lowest BCUT2D eigenvalue weighted by Gasteiger charge is -2.16. The van der Waals surface area contributed by atoms with Crippen molar-refractivity contribution in [3.63, 3.8) is 0 Å². The second-order valence-corrected chi connectivity index (χ2v) is 16.3. The van der Waals surface area contributed by atoms with Crippen molar-refractivity contribution >= 4 is 56.5 Å². The zero-order valence-electron chi connectivity index (χ0n) is 35.1. The molecule has 0 unspecified atom stereocenters. The van der Waals surface area contributed by atoms with Crippen LogP contribution in [-0.2, 0) is 0 Å². The van der Waals surface area contributed by atoms with E-state index in [0.29, 0.717) is 56.4 Å². The molecule has 12 rings (SSSR count). The van der Waals surface area contributed by atoms with E-state index >= 15 is 0 Å². The summed E-state index contributed by atoms with van der Waals surface area (Å²) in [7, 11) is 0. The molecule has 0 saturated heterocycles. The summed E-state index contributed by atoms with van der Waals surface area (Å²) in [5.74, 6) is -1.09. The monoisotopic (exact) mass is 850 g/mol. The molecule has 1 aromatic heterocycles. The standard InChI is InChI=1S/C58H34N4O4/c63-55-46-32-40-20-10-12-22-44(40)50(37-16-6-2-7-17-37)52(46)57(65)61(55)42-28-24-36(25-29-42)49-34-48(35-14-4-1-5-15-35)59-54(60-49)39-26-30-43(31-27-39)62-56(64)47-33-41-21-11-13-23-45(41)51(53(47)58(62)66)38-18-8-3-9-19-38/h1-34H. The number of hydrogen-bond acceptors (Lipinski definition) is 6. The molecule has 4 amide bonds. The van der Waals surface area contributed by atoms with E-state index in [2.05, 4.69) is 0 Å². The number of carbonyl (C=O) groups excluding carboxylic acids is 4. The number of hydrogen-bond donors (Lipinski definition) is 0. The zero-order valence-corrected chi connectivity index (χ0v) is 35.1. The van der Waals surface area contributed by atoms with Gasteiger partial charge in [0, 0.05) is 27.8 Å². The maximum Gasteiger partial charge on any atom is 0.266 e. The Labute approximate surface area is 378 Å². The van der Waals surface area contributed by atoms with E-state index in [9.17, 15) is 19.2 Å². The minimum absolute atomic E-state index is 0.365. The van der Waals surface area contributed by atoms with Gasteiger partial charge in [-0.05, 0) is 87.3 Å². The van der Waals surface area contributed by atoms with E-state index in [1.54, 1.807) is 24.3 Å². The topological polar surface area (TPSA) is 101 Å². The highest BCUT2D eigenvalue weighted by atomic mass is 16.2. The number of carbonyl (C=O) groups is 4. The number of amides is 4. The van der Waals surface area contributed by atoms with Crippen LogP contribution in [0.15, 0.2) is 206 Å². The molecule has 0 fully saturated rings. The lowest BCUT2D eigenvalue weighted by molar-refractivity contribution is 0.0910. The highest BCUT2D eigenvalue weighted by molar-refractivity contribution is 6.39. The molecule has 9 aromatic carbocycles. The largest absolute Gasteiger partial charge is 0.268 e. The minimum Gasteiger partial charge on any atom is -0.268 e. The van der Waals surface area contributed by atoms with Crippen LogP contribution in [0.4, 0.5) is 11.4 Å². The first-order valence-corrected chi connectivity index (χ1v) is 21.6. The van der Waals surface area contributed by atoms with E-state index in [-0.39, 0.29) is 23.6 Å². The van der Waals surface area contributed by atoms with Gasteiger partial charge in [0.15, 0.2) is 5.82 Å². The molecule has 0 radical (unpaired) electrons. The Balaban J connectivity index is 0.889. The summed E-state index contributed by atoms with van der Waals surface area (Å²) in [5, 5.41) is 3.56. The predicted molar refractivity (Wildman–Crippen MR) is 259 cm³/mol. The van der Waals surface area contributed by atoms with Crippen LogP contribution >= 0.6 is 0 Å². The summed E-state index contributed by atoms with van der Waals surface area (Å²) < 4.78 is 0. The van der Waals surface area contributed by atoms with Gasteiger partial charge >= 0.3 is 0 Å². The average Bonchev–Trinajstić information content (AvgIpc) is 3.78. The van der Waals surface area contributed by atoms with E-state index < -0.39 is 0 Å². The molecule has 0 bridgehead atoms. The van der Waals surface area contributed by atoms with Crippen LogP contribution in [0.3, 0.4) is 0 Å². The molecule has 66 heavy (non-hydrogen) atoms. The number of fused-ring (bicyclic) bond motifs is 4. The summed E-state index contributed by atoms with van der Waals surface area (Å²) in [5.41, 5.74) is 9.20. The summed E-state index contributed by atoms with van der Waals surface area (Å²) in [6, 6.07) is 64.8. The van der Waals surface area contributed by atoms with Crippen molar-refractivity contribution in [1.82, 2.24) is 9.97 Å². The maximum atomic E-state index is 14.4. The number of rotatable bonds is 7. The first-order chi connectivity index (χ1) is 32.4. The van der Waals surface area contributed by atoms with Crippen molar-refractivity contribution in [3.8, 4) is 56.2 Å². The molecule has 2 aliphatic heterocycles. The van der Waals surface area contributed by atoms with Crippen LogP contribution in [-0.4, -0.2) is 33.6 Å². The van der Waals surface area contributed by atoms with Gasteiger partial charge in [-0.3, -0.25) is 19.2 Å². The Kier molecular flexibility index (Phi) is 8.93. The summed E-state index contributed by atoms with van der Waals surface area (Å²) in [6.07, 6.45) is 0. The van der Waals surface area contributed by atoms with Crippen molar-refractivity contribution in [2.75, 3.05) is 9.80 Å². The molecule has 0 saturated carbocycles. The third-order valence-electron chi connectivity index (χ3n) is 12.5. The van der Waals surface area contributed by atoms with Crippen molar-refractivity contribution in [2.45, 2.75) is 0 Å². The van der Waals surface area contributed by atoms with E-state index in [0.717, 1.165) is 54.9 Å². The first-order valence-electron chi connectivity index (χ1n) is 21.6. The van der Waals surface area contributed by atoms with E-state index in [4.69, 9.17) is 9.97 Å². The molecule has 310 valence electrons. The third-order valence-corrected chi connectivity index (χ3v) is 12.5. The van der Waals surface area contributed by atoms with Gasteiger partial charge in [0.1, 0.15) is 0 Å². The fraction of sp³-hybridized carbons (Fsp3) is 0. The quantitative estimate of drug-likeness (QED) is 0.148. The van der Waals surface area contributed by atoms with Gasteiger partial charge in [-0.2, -0.15) is 0 Å². The highest BCUT2D eigenvalue weighted by Gasteiger charge is 2.41. The lowest BCUT2D eigenvalue weighted by Crippen LogP contribution is -2.29. The Morgan fingerprint density at radius 2 is 0.667 bits per heavy atom. The van der Waals surface area contributed by atoms with Gasteiger partial charge in [-0.1, -0.05) is 152 Å². The van der Waals surface area contributed by atoms with Crippen molar-refractivity contribution in [2.24, 2.45) is 0 Å². The van der Waals surface area contributed by atoms with E-state index in [1.165, 1.54) is 9.80 Å². The van der Waals surface area contributed by atoms with Crippen LogP contribution in [0.2, 0.25) is 0 Å². The average molecular weight is 851 g/mol. The van der Waals surface area contributed by atoms with Gasteiger partial charge < -0.3 is 0 Å². The molecular formula is C58H34N4O4. The summed E-state index contributed by atoms with van der Waals surface area (Å²) in [6.45, 7) is 0. The van der Waals surface area contributed by atoms with Crippen LogP contribution < -0.4 is 9.80 Å². The highest BCUT2D eigenvalue weighted by Crippen LogP contribution is 2.43. The molecule has 0 N–H and O–H groups in total. The normalized spacial score (nSPS) is 13.2. The minimum atomic E-state index is -0.384. The zero-order chi connectivity index (χ0) is 44.5. The maximum absolute atomic E-state index is 14.4. The van der Waals surface area contributed by atoms with Crippen LogP contribution in [0, 0.1) is 0 Å². The van der Waals surface area contributed by atoms with Crippen molar-refractivity contribution in [1.29, 1.82) is 0 Å². The molecule has 10 aromatic rings. The smallest absolute Gasteiger partial charge is 0.266 e. The summed E-state index contributed by atoms with van der Waals surface area (Å²) >= 11 is 0. The molecule has 2 aliphatic rings. The van der Waals surface area contributed by atoms with Crippen molar-refractivity contribution < 1.29 is 19.2 Å². The second-order valence-electron chi connectivity index (χ2n) is 16.3. The van der Waals surface area contributed by atoms with Crippen LogP contribution in [0.1, 0.15) is 41.4 Å². The number of imide groups is 2. The number of nitrogens with zero attached hydrogens (tertiary/aromatic N) is 4. The molecule has 3 heterocycles. The molecule has 8 heteroatoms. The Hall–Kier alpha value is -9.14. The Bertz CT molecular complexity index is 3430. The predicted octanol–water partition coefficient (Wildman–Crippen LogP) is 12.7. The molecule has 0 aliphatic carbocycles. The SMILES string of the molecule is O=C1c2cc3ccccc3c(-c3ccccc3)c2C(=O)N1c1ccc(-c2cc(-c3ccccc3)nc(-c3ccc(N4C(=O)c5cc6ccccc6c(-c6ccccc6)c5C4=O)cc3)n2)cc1. The molecular weight excluding hydrogens is 817 g/mol. The Morgan fingerprint density at radius 1 is 0.303 bits per heavy atom. The van der Waals surface area contributed by atoms with Crippen molar-refractivity contribution in [3.05, 3.63) is 229 Å². The number of anilines is 2. The second kappa shape index (κ2) is 15.3. The lowest BCUT2D eigenvalue weighted by atomic mass is 9.90. The fourth-order valence-corrected chi connectivity index (χ4v) is 9.43. The number of aromatic nitrogens is 2. The van der Waals surface area contributed by atoms with Gasteiger partial charge in [-0.25, -0.2) is 19.8 Å². The third kappa shape index (κ3) is 6.15. The molecule has 0 spiro atoms. The number of benzene rings is 9. The first kappa shape index (κ1) is 38.5. The van der Waals surface area contributed by atoms with Gasteiger partial charge in [0.05, 0.1) is 45.0 Å². The van der Waals surface area contributed by atoms with E-state index in [1.807, 2.05) is 182 Å². The van der Waals surface area contributed by atoms with Crippen LogP contribution in [0.5, 0.6) is 0 Å². The molecule has 8 nitrogen and oxygen atoms in total. The fourth-order valence-electron chi connectivity index (χ4n) is 9.43. The van der Waals surface area contributed by atoms with Crippen LogP contribution in [0.25, 0.3) is 77.7 Å². The van der Waals surface area contributed by atoms with Gasteiger partial charge in [0.2, 0.25) is 0 Å². The Morgan fingerprint density at radius 3 is 1.11 bits per heavy atom. The van der Waals surface area contributed by atoms with Gasteiger partial charge in [-0.15, -0.1) is 0 Å². The summed E-state index contributed by atoms with van der Waals surface area (Å²) in [4.78, 5) is 69.6.